The first kappa shape index (κ1) is 16.3. The first-order valence-electron chi connectivity index (χ1n) is 5.93. The van der Waals surface area contributed by atoms with Crippen LogP contribution in [0.4, 0.5) is 5.69 Å². The number of nitriles is 1. The Morgan fingerprint density at radius 1 is 1.09 bits per heavy atom. The lowest BCUT2D eigenvalue weighted by Crippen LogP contribution is -1.90. The maximum Gasteiger partial charge on any atom is 0.288 e. The SMILES string of the molecule is N#C/C(=C/c1ccc(Cl)c([N+](=O)[O-])c1)c1ccc(Cl)c(Cl)c1. The van der Waals surface area contributed by atoms with E-state index in [0.717, 1.165) is 0 Å². The summed E-state index contributed by atoms with van der Waals surface area (Å²) in [6.07, 6.45) is 1.52. The molecule has 0 radical (unpaired) electrons. The van der Waals surface area contributed by atoms with Crippen molar-refractivity contribution in [2.75, 3.05) is 0 Å². The summed E-state index contributed by atoms with van der Waals surface area (Å²) in [4.78, 5) is 10.3. The van der Waals surface area contributed by atoms with Gasteiger partial charge in [-0.25, -0.2) is 0 Å². The molecule has 0 fully saturated rings. The molecule has 0 aliphatic rings. The van der Waals surface area contributed by atoms with Gasteiger partial charge in [0, 0.05) is 6.07 Å². The summed E-state index contributed by atoms with van der Waals surface area (Å²) in [5.41, 5.74) is 1.13. The predicted octanol–water partition coefficient (Wildman–Crippen LogP) is 5.62. The van der Waals surface area contributed by atoms with Crippen LogP contribution in [0, 0.1) is 21.4 Å². The minimum Gasteiger partial charge on any atom is -0.258 e. The molecule has 0 bridgehead atoms. The quantitative estimate of drug-likeness (QED) is 0.311. The molecule has 0 unspecified atom stereocenters. The second-order valence-corrected chi connectivity index (χ2v) is 5.49. The van der Waals surface area contributed by atoms with Gasteiger partial charge in [-0.15, -0.1) is 0 Å². The number of nitro groups is 1. The lowest BCUT2D eigenvalue weighted by atomic mass is 10.0. The van der Waals surface area contributed by atoms with E-state index in [-0.39, 0.29) is 10.7 Å². The van der Waals surface area contributed by atoms with Crippen LogP contribution in [0.25, 0.3) is 11.6 Å². The van der Waals surface area contributed by atoms with Crippen LogP contribution in [0.15, 0.2) is 36.4 Å². The molecule has 2 aromatic rings. The monoisotopic (exact) mass is 352 g/mol. The van der Waals surface area contributed by atoms with Gasteiger partial charge in [-0.2, -0.15) is 5.26 Å². The number of benzene rings is 2. The Balaban J connectivity index is 2.49. The van der Waals surface area contributed by atoms with Crippen LogP contribution in [0.3, 0.4) is 0 Å². The standard InChI is InChI=1S/C15H7Cl3N2O2/c16-12-4-2-10(7-14(12)18)11(8-19)5-9-1-3-13(17)15(6-9)20(21)22/h1-7H/b11-5-. The summed E-state index contributed by atoms with van der Waals surface area (Å²) in [6.45, 7) is 0. The van der Waals surface area contributed by atoms with Crippen molar-refractivity contribution < 1.29 is 4.92 Å². The largest absolute Gasteiger partial charge is 0.288 e. The highest BCUT2D eigenvalue weighted by Gasteiger charge is 2.12. The normalized spacial score (nSPS) is 11.1. The fourth-order valence-electron chi connectivity index (χ4n) is 1.77. The predicted molar refractivity (Wildman–Crippen MR) is 88.1 cm³/mol. The molecule has 2 aromatic carbocycles. The minimum absolute atomic E-state index is 0.0372. The Morgan fingerprint density at radius 2 is 1.77 bits per heavy atom. The highest BCUT2D eigenvalue weighted by atomic mass is 35.5. The summed E-state index contributed by atoms with van der Waals surface area (Å²) in [5.74, 6) is 0. The van der Waals surface area contributed by atoms with Crippen molar-refractivity contribution in [2.24, 2.45) is 0 Å². The van der Waals surface area contributed by atoms with E-state index in [1.54, 1.807) is 24.3 Å². The molecule has 4 nitrogen and oxygen atoms in total. The molecule has 0 spiro atoms. The summed E-state index contributed by atoms with van der Waals surface area (Å²) in [5, 5.41) is 20.9. The third kappa shape index (κ3) is 3.58. The van der Waals surface area contributed by atoms with Crippen molar-refractivity contribution in [1.29, 1.82) is 5.26 Å². The zero-order chi connectivity index (χ0) is 16.3. The molecule has 0 aromatic heterocycles. The lowest BCUT2D eigenvalue weighted by molar-refractivity contribution is -0.384. The van der Waals surface area contributed by atoms with Crippen molar-refractivity contribution in [1.82, 2.24) is 0 Å². The Bertz CT molecular complexity index is 826. The lowest BCUT2D eigenvalue weighted by Gasteiger charge is -2.03. The van der Waals surface area contributed by atoms with Gasteiger partial charge in [0.15, 0.2) is 0 Å². The van der Waals surface area contributed by atoms with Crippen molar-refractivity contribution in [3.63, 3.8) is 0 Å². The van der Waals surface area contributed by atoms with Gasteiger partial charge in [0.25, 0.3) is 5.69 Å². The number of allylic oxidation sites excluding steroid dienone is 1. The molecule has 0 amide bonds. The maximum absolute atomic E-state index is 10.9. The highest BCUT2D eigenvalue weighted by Crippen LogP contribution is 2.29. The van der Waals surface area contributed by atoms with Crippen LogP contribution < -0.4 is 0 Å². The number of nitrogens with zero attached hydrogens (tertiary/aromatic N) is 2. The van der Waals surface area contributed by atoms with Gasteiger partial charge in [0.2, 0.25) is 0 Å². The molecule has 110 valence electrons. The average Bonchev–Trinajstić information content (AvgIpc) is 2.49. The van der Waals surface area contributed by atoms with Gasteiger partial charge in [0.1, 0.15) is 5.02 Å². The third-order valence-electron chi connectivity index (χ3n) is 2.83. The van der Waals surface area contributed by atoms with E-state index in [0.29, 0.717) is 26.7 Å². The van der Waals surface area contributed by atoms with E-state index in [2.05, 4.69) is 0 Å². The zero-order valence-electron chi connectivity index (χ0n) is 10.9. The number of hydrogen-bond acceptors (Lipinski definition) is 3. The topological polar surface area (TPSA) is 66.9 Å². The van der Waals surface area contributed by atoms with Gasteiger partial charge in [-0.05, 0) is 35.4 Å². The number of nitro benzene ring substituents is 1. The number of halogens is 3. The first-order valence-corrected chi connectivity index (χ1v) is 7.07. The molecular weight excluding hydrogens is 347 g/mol. The van der Waals surface area contributed by atoms with Gasteiger partial charge in [0.05, 0.1) is 26.6 Å². The Labute approximate surface area is 141 Å². The molecule has 0 heterocycles. The fourth-order valence-corrected chi connectivity index (χ4v) is 2.25. The molecule has 0 aliphatic heterocycles. The molecule has 22 heavy (non-hydrogen) atoms. The van der Waals surface area contributed by atoms with Crippen LogP contribution in [0.2, 0.25) is 15.1 Å². The Morgan fingerprint density at radius 3 is 2.36 bits per heavy atom. The second-order valence-electron chi connectivity index (χ2n) is 4.27. The molecular formula is C15H7Cl3N2O2. The van der Waals surface area contributed by atoms with Gasteiger partial charge >= 0.3 is 0 Å². The van der Waals surface area contributed by atoms with E-state index in [9.17, 15) is 15.4 Å². The third-order valence-corrected chi connectivity index (χ3v) is 3.89. The minimum atomic E-state index is -0.578. The van der Waals surface area contributed by atoms with E-state index in [1.165, 1.54) is 18.2 Å². The van der Waals surface area contributed by atoms with Crippen LogP contribution >= 0.6 is 34.8 Å². The van der Waals surface area contributed by atoms with E-state index >= 15 is 0 Å². The average molecular weight is 354 g/mol. The number of rotatable bonds is 3. The van der Waals surface area contributed by atoms with Crippen LogP contribution in [-0.4, -0.2) is 4.92 Å². The van der Waals surface area contributed by atoms with E-state index < -0.39 is 4.92 Å². The van der Waals surface area contributed by atoms with Crippen molar-refractivity contribution in [3.8, 4) is 6.07 Å². The van der Waals surface area contributed by atoms with Crippen LogP contribution in [0.1, 0.15) is 11.1 Å². The summed E-state index contributed by atoms with van der Waals surface area (Å²) < 4.78 is 0. The first-order chi connectivity index (χ1) is 10.4. The van der Waals surface area contributed by atoms with Crippen LogP contribution in [-0.2, 0) is 0 Å². The van der Waals surface area contributed by atoms with E-state index in [4.69, 9.17) is 34.8 Å². The molecule has 0 N–H and O–H groups in total. The molecule has 0 saturated heterocycles. The van der Waals surface area contributed by atoms with E-state index in [1.807, 2.05) is 6.07 Å². The second kappa shape index (κ2) is 6.80. The molecule has 0 saturated carbocycles. The molecule has 0 aliphatic carbocycles. The maximum atomic E-state index is 10.9. The fraction of sp³-hybridized carbons (Fsp3) is 0. The van der Waals surface area contributed by atoms with Crippen LogP contribution in [0.5, 0.6) is 0 Å². The van der Waals surface area contributed by atoms with Crippen molar-refractivity contribution >= 4 is 52.1 Å². The zero-order valence-corrected chi connectivity index (χ0v) is 13.2. The smallest absolute Gasteiger partial charge is 0.258 e. The summed E-state index contributed by atoms with van der Waals surface area (Å²) in [6, 6.07) is 11.1. The summed E-state index contributed by atoms with van der Waals surface area (Å²) >= 11 is 17.5. The highest BCUT2D eigenvalue weighted by molar-refractivity contribution is 6.42. The van der Waals surface area contributed by atoms with Crippen molar-refractivity contribution in [2.45, 2.75) is 0 Å². The van der Waals surface area contributed by atoms with Crippen molar-refractivity contribution in [3.05, 3.63) is 72.7 Å². The molecule has 7 heteroatoms. The van der Waals surface area contributed by atoms with Gasteiger partial charge in [-0.3, -0.25) is 10.1 Å². The van der Waals surface area contributed by atoms with Gasteiger partial charge < -0.3 is 0 Å². The Hall–Kier alpha value is -2.06. The Kier molecular flexibility index (Phi) is 5.04. The summed E-state index contributed by atoms with van der Waals surface area (Å²) in [7, 11) is 0. The van der Waals surface area contributed by atoms with Gasteiger partial charge in [-0.1, -0.05) is 46.9 Å². The number of hydrogen-bond donors (Lipinski definition) is 0. The molecule has 2 rings (SSSR count). The molecule has 0 atom stereocenters.